The standard InChI is InChI=1S/C10H8BrF3N4O2S/c11-8-17-18-9(21-8)16-7(19)4-1-2-6(5(15)3-4)20-10(12,13)14/h1-3,7,19H,15H2,(H,16,18). The summed E-state index contributed by atoms with van der Waals surface area (Å²) in [4.78, 5) is 0. The average molecular weight is 385 g/mol. The van der Waals surface area contributed by atoms with Crippen molar-refractivity contribution in [1.29, 1.82) is 0 Å². The quantitative estimate of drug-likeness (QED) is 0.554. The summed E-state index contributed by atoms with van der Waals surface area (Å²) in [6, 6.07) is 3.46. The van der Waals surface area contributed by atoms with E-state index < -0.39 is 18.3 Å². The molecule has 0 fully saturated rings. The number of nitrogen functional groups attached to an aromatic ring is 1. The van der Waals surface area contributed by atoms with Gasteiger partial charge in [0.1, 0.15) is 0 Å². The van der Waals surface area contributed by atoms with Gasteiger partial charge in [-0.1, -0.05) is 17.4 Å². The maximum atomic E-state index is 12.1. The zero-order valence-electron chi connectivity index (χ0n) is 10.1. The molecule has 1 atom stereocenters. The molecule has 1 aromatic heterocycles. The number of anilines is 2. The number of hydrogen-bond acceptors (Lipinski definition) is 7. The van der Waals surface area contributed by atoms with Crippen molar-refractivity contribution >= 4 is 38.1 Å². The number of aliphatic hydroxyl groups excluding tert-OH is 1. The molecule has 0 saturated heterocycles. The van der Waals surface area contributed by atoms with Gasteiger partial charge in [0.2, 0.25) is 5.13 Å². The molecule has 114 valence electrons. The maximum absolute atomic E-state index is 12.1. The molecule has 6 nitrogen and oxygen atoms in total. The van der Waals surface area contributed by atoms with Crippen molar-refractivity contribution in [1.82, 2.24) is 10.2 Å². The lowest BCUT2D eigenvalue weighted by molar-refractivity contribution is -0.274. The van der Waals surface area contributed by atoms with Crippen molar-refractivity contribution in [2.75, 3.05) is 11.1 Å². The fraction of sp³-hybridized carbons (Fsp3) is 0.200. The fourth-order valence-electron chi connectivity index (χ4n) is 1.42. The number of halogens is 4. The van der Waals surface area contributed by atoms with Crippen molar-refractivity contribution in [3.63, 3.8) is 0 Å². The number of hydrogen-bond donors (Lipinski definition) is 3. The highest BCUT2D eigenvalue weighted by atomic mass is 79.9. The molecule has 11 heteroatoms. The second-order valence-electron chi connectivity index (χ2n) is 3.75. The Kier molecular flexibility index (Phi) is 4.54. The summed E-state index contributed by atoms with van der Waals surface area (Å²) in [5.41, 5.74) is 5.48. The van der Waals surface area contributed by atoms with Gasteiger partial charge in [-0.3, -0.25) is 0 Å². The first-order valence-electron chi connectivity index (χ1n) is 5.33. The first-order chi connectivity index (χ1) is 9.74. The molecule has 4 N–H and O–H groups in total. The summed E-state index contributed by atoms with van der Waals surface area (Å²) < 4.78 is 40.6. The van der Waals surface area contributed by atoms with Gasteiger partial charge in [0.25, 0.3) is 0 Å². The highest BCUT2D eigenvalue weighted by Gasteiger charge is 2.32. The Balaban J connectivity index is 2.12. The number of alkyl halides is 3. The van der Waals surface area contributed by atoms with E-state index in [0.29, 0.717) is 9.05 Å². The Labute approximate surface area is 128 Å². The summed E-state index contributed by atoms with van der Waals surface area (Å²) in [5.74, 6) is -0.530. The smallest absolute Gasteiger partial charge is 0.404 e. The van der Waals surface area contributed by atoms with Gasteiger partial charge in [-0.05, 0) is 28.1 Å². The summed E-state index contributed by atoms with van der Waals surface area (Å²) in [7, 11) is 0. The van der Waals surface area contributed by atoms with Crippen LogP contribution in [0.25, 0.3) is 0 Å². The molecule has 0 aliphatic heterocycles. The molecule has 0 spiro atoms. The minimum absolute atomic E-state index is 0.246. The van der Waals surface area contributed by atoms with E-state index in [0.717, 1.165) is 17.4 Å². The van der Waals surface area contributed by atoms with Crippen LogP contribution >= 0.6 is 27.3 Å². The predicted molar refractivity (Wildman–Crippen MR) is 73.7 cm³/mol. The molecule has 0 bridgehead atoms. The van der Waals surface area contributed by atoms with Crippen molar-refractivity contribution in [3.8, 4) is 5.75 Å². The number of aliphatic hydroxyl groups is 1. The molecule has 2 rings (SSSR count). The van der Waals surface area contributed by atoms with Crippen molar-refractivity contribution in [2.45, 2.75) is 12.6 Å². The Hall–Kier alpha value is -1.59. The zero-order valence-corrected chi connectivity index (χ0v) is 12.5. The Bertz CT molecular complexity index is 637. The zero-order chi connectivity index (χ0) is 15.6. The number of benzene rings is 1. The molecule has 0 aliphatic rings. The van der Waals surface area contributed by atoms with E-state index >= 15 is 0 Å². The number of ether oxygens (including phenoxy) is 1. The van der Waals surface area contributed by atoms with E-state index in [1.54, 1.807) is 0 Å². The van der Waals surface area contributed by atoms with Gasteiger partial charge in [-0.2, -0.15) is 0 Å². The van der Waals surface area contributed by atoms with Crippen molar-refractivity contribution in [3.05, 3.63) is 27.7 Å². The highest BCUT2D eigenvalue weighted by molar-refractivity contribution is 9.11. The van der Waals surface area contributed by atoms with E-state index in [9.17, 15) is 18.3 Å². The Morgan fingerprint density at radius 2 is 2.10 bits per heavy atom. The van der Waals surface area contributed by atoms with E-state index in [1.807, 2.05) is 0 Å². The van der Waals surface area contributed by atoms with Crippen LogP contribution in [0.5, 0.6) is 5.75 Å². The van der Waals surface area contributed by atoms with Gasteiger partial charge in [0, 0.05) is 5.56 Å². The summed E-state index contributed by atoms with van der Waals surface area (Å²) in [6.07, 6.45) is -6.03. The van der Waals surface area contributed by atoms with Gasteiger partial charge in [0.15, 0.2) is 15.9 Å². The molecule has 2 aromatic rings. The largest absolute Gasteiger partial charge is 0.573 e. The van der Waals surface area contributed by atoms with Crippen LogP contribution in [0, 0.1) is 0 Å². The second-order valence-corrected chi connectivity index (χ2v) is 6.01. The average Bonchev–Trinajstić information content (AvgIpc) is 2.75. The van der Waals surface area contributed by atoms with Crippen LogP contribution in [-0.4, -0.2) is 21.7 Å². The summed E-state index contributed by atoms with van der Waals surface area (Å²) >= 11 is 4.25. The number of nitrogens with two attached hydrogens (primary N) is 1. The molecule has 21 heavy (non-hydrogen) atoms. The number of rotatable bonds is 4. The molecular formula is C10H8BrF3N4O2S. The third kappa shape index (κ3) is 4.44. The monoisotopic (exact) mass is 384 g/mol. The molecular weight excluding hydrogens is 377 g/mol. The minimum atomic E-state index is -4.83. The minimum Gasteiger partial charge on any atom is -0.404 e. The Morgan fingerprint density at radius 3 is 2.62 bits per heavy atom. The molecule has 1 unspecified atom stereocenters. The van der Waals surface area contributed by atoms with Crippen LogP contribution in [0.4, 0.5) is 24.0 Å². The van der Waals surface area contributed by atoms with E-state index in [2.05, 4.69) is 36.2 Å². The van der Waals surface area contributed by atoms with Gasteiger partial charge in [-0.15, -0.1) is 23.4 Å². The lowest BCUT2D eigenvalue weighted by Crippen LogP contribution is -2.18. The normalized spacial score (nSPS) is 13.0. The van der Waals surface area contributed by atoms with E-state index in [-0.39, 0.29) is 11.3 Å². The van der Waals surface area contributed by atoms with Gasteiger partial charge in [0.05, 0.1) is 5.69 Å². The van der Waals surface area contributed by atoms with Gasteiger partial charge >= 0.3 is 6.36 Å². The van der Waals surface area contributed by atoms with E-state index in [4.69, 9.17) is 5.73 Å². The van der Waals surface area contributed by atoms with Crippen LogP contribution in [0.2, 0.25) is 0 Å². The number of nitrogens with zero attached hydrogens (tertiary/aromatic N) is 2. The van der Waals surface area contributed by atoms with Crippen LogP contribution in [0.15, 0.2) is 22.1 Å². The first kappa shape index (κ1) is 15.8. The number of nitrogens with one attached hydrogen (secondary N) is 1. The molecule has 1 aromatic carbocycles. The topological polar surface area (TPSA) is 93.3 Å². The Morgan fingerprint density at radius 1 is 1.38 bits per heavy atom. The summed E-state index contributed by atoms with van der Waals surface area (Å²) in [5, 5.41) is 20.3. The fourth-order valence-corrected chi connectivity index (χ4v) is 2.45. The second kappa shape index (κ2) is 6.03. The molecule has 0 amide bonds. The lowest BCUT2D eigenvalue weighted by Gasteiger charge is -2.15. The first-order valence-corrected chi connectivity index (χ1v) is 6.94. The predicted octanol–water partition coefficient (Wildman–Crippen LogP) is 2.88. The summed E-state index contributed by atoms with van der Waals surface area (Å²) in [6.45, 7) is 0. The van der Waals surface area contributed by atoms with Crippen molar-refractivity contribution < 1.29 is 23.0 Å². The maximum Gasteiger partial charge on any atom is 0.573 e. The van der Waals surface area contributed by atoms with E-state index in [1.165, 1.54) is 12.1 Å². The molecule has 0 saturated carbocycles. The van der Waals surface area contributed by atoms with Crippen LogP contribution in [-0.2, 0) is 0 Å². The number of aromatic nitrogens is 2. The van der Waals surface area contributed by atoms with Crippen LogP contribution < -0.4 is 15.8 Å². The molecule has 0 aliphatic carbocycles. The van der Waals surface area contributed by atoms with Gasteiger partial charge in [-0.25, -0.2) is 0 Å². The van der Waals surface area contributed by atoms with Gasteiger partial charge < -0.3 is 20.9 Å². The molecule has 0 radical (unpaired) electrons. The third-order valence-electron chi connectivity index (χ3n) is 2.24. The SMILES string of the molecule is Nc1cc(C(O)Nc2nnc(Br)s2)ccc1OC(F)(F)F. The highest BCUT2D eigenvalue weighted by Crippen LogP contribution is 2.31. The third-order valence-corrected chi connectivity index (χ3v) is 3.52. The van der Waals surface area contributed by atoms with Crippen LogP contribution in [0.1, 0.15) is 11.8 Å². The molecule has 1 heterocycles. The van der Waals surface area contributed by atoms with Crippen molar-refractivity contribution in [2.24, 2.45) is 0 Å². The van der Waals surface area contributed by atoms with Crippen LogP contribution in [0.3, 0.4) is 0 Å². The lowest BCUT2D eigenvalue weighted by atomic mass is 10.1.